The average Bonchev–Trinajstić information content (AvgIpc) is 3.14. The van der Waals surface area contributed by atoms with Crippen LogP contribution in [0.15, 0.2) is 48.8 Å². The molecule has 6 nitrogen and oxygen atoms in total. The zero-order valence-corrected chi connectivity index (χ0v) is 16.9. The third-order valence-corrected chi connectivity index (χ3v) is 5.65. The molecule has 1 aliphatic rings. The lowest BCUT2D eigenvalue weighted by molar-refractivity contribution is 0.0649. The van der Waals surface area contributed by atoms with Crippen molar-refractivity contribution >= 4 is 28.4 Å². The van der Waals surface area contributed by atoms with E-state index in [0.29, 0.717) is 29.7 Å². The zero-order chi connectivity index (χ0) is 20.1. The summed E-state index contributed by atoms with van der Waals surface area (Å²) >= 11 is 6.13. The highest BCUT2D eigenvalue weighted by atomic mass is 35.5. The number of H-pyrrole nitrogens is 1. The van der Waals surface area contributed by atoms with E-state index < -0.39 is 0 Å². The van der Waals surface area contributed by atoms with Crippen LogP contribution in [0.4, 0.5) is 0 Å². The molecule has 7 heteroatoms. The molecule has 1 unspecified atom stereocenters. The molecule has 152 valence electrons. The molecule has 1 fully saturated rings. The standard InChI is InChI=1S/C22H25ClN4O2/c23-18-12-26-20-11-16(4-5-17(18)20)22(28)27-21(19-3-1-2-8-25-19)14-29-13-15-6-9-24-10-7-15/h1-5,8,11-12,15,21,24,26H,6-7,9-10,13-14H2,(H,27,28). The van der Waals surface area contributed by atoms with Gasteiger partial charge in [0.05, 0.1) is 23.4 Å². The van der Waals surface area contributed by atoms with Crippen LogP contribution in [0.25, 0.3) is 10.9 Å². The van der Waals surface area contributed by atoms with Gasteiger partial charge >= 0.3 is 0 Å². The molecule has 3 heterocycles. The fourth-order valence-electron chi connectivity index (χ4n) is 3.66. The Balaban J connectivity index is 1.44. The van der Waals surface area contributed by atoms with Gasteiger partial charge in [0.2, 0.25) is 0 Å². The van der Waals surface area contributed by atoms with Crippen molar-refractivity contribution < 1.29 is 9.53 Å². The largest absolute Gasteiger partial charge is 0.379 e. The summed E-state index contributed by atoms with van der Waals surface area (Å²) in [5.41, 5.74) is 2.18. The first kappa shape index (κ1) is 19.9. The summed E-state index contributed by atoms with van der Waals surface area (Å²) in [5, 5.41) is 7.98. The van der Waals surface area contributed by atoms with Gasteiger partial charge in [0.1, 0.15) is 0 Å². The normalized spacial score (nSPS) is 16.0. The second kappa shape index (κ2) is 9.39. The van der Waals surface area contributed by atoms with E-state index in [0.717, 1.165) is 42.5 Å². The quantitative estimate of drug-likeness (QED) is 0.552. The van der Waals surface area contributed by atoms with Crippen molar-refractivity contribution in [3.8, 4) is 0 Å². The maximum absolute atomic E-state index is 12.9. The lowest BCUT2D eigenvalue weighted by Crippen LogP contribution is -2.34. The summed E-state index contributed by atoms with van der Waals surface area (Å²) in [4.78, 5) is 20.4. The summed E-state index contributed by atoms with van der Waals surface area (Å²) in [5.74, 6) is 0.398. The number of aromatic amines is 1. The van der Waals surface area contributed by atoms with Gasteiger partial charge < -0.3 is 20.4 Å². The Bertz CT molecular complexity index is 954. The Morgan fingerprint density at radius 2 is 2.14 bits per heavy atom. The van der Waals surface area contributed by atoms with Gasteiger partial charge in [-0.05, 0) is 56.1 Å². The molecule has 4 rings (SSSR count). The first-order valence-corrected chi connectivity index (χ1v) is 10.4. The van der Waals surface area contributed by atoms with Gasteiger partial charge in [-0.15, -0.1) is 0 Å². The van der Waals surface area contributed by atoms with E-state index in [1.807, 2.05) is 30.3 Å². The number of amides is 1. The van der Waals surface area contributed by atoms with Gasteiger partial charge in [0, 0.05) is 35.5 Å². The maximum atomic E-state index is 12.9. The van der Waals surface area contributed by atoms with E-state index >= 15 is 0 Å². The molecule has 1 amide bonds. The van der Waals surface area contributed by atoms with Crippen LogP contribution >= 0.6 is 11.6 Å². The van der Waals surface area contributed by atoms with Crippen molar-refractivity contribution in [2.75, 3.05) is 26.3 Å². The first-order valence-electron chi connectivity index (χ1n) is 9.97. The molecule has 1 saturated heterocycles. The molecule has 0 radical (unpaired) electrons. The van der Waals surface area contributed by atoms with E-state index in [1.54, 1.807) is 18.5 Å². The van der Waals surface area contributed by atoms with Gasteiger partial charge in [-0.25, -0.2) is 0 Å². The van der Waals surface area contributed by atoms with E-state index in [1.165, 1.54) is 0 Å². The number of pyridine rings is 1. The average molecular weight is 413 g/mol. The predicted molar refractivity (Wildman–Crippen MR) is 114 cm³/mol. The van der Waals surface area contributed by atoms with Crippen molar-refractivity contribution in [2.24, 2.45) is 5.92 Å². The topological polar surface area (TPSA) is 79.0 Å². The van der Waals surface area contributed by atoms with Crippen LogP contribution in [0.5, 0.6) is 0 Å². The SMILES string of the molecule is O=C(NC(COCC1CCNCC1)c1ccccn1)c1ccc2c(Cl)c[nH]c2c1. The van der Waals surface area contributed by atoms with E-state index in [2.05, 4.69) is 20.6 Å². The van der Waals surface area contributed by atoms with Crippen molar-refractivity contribution in [3.63, 3.8) is 0 Å². The van der Waals surface area contributed by atoms with Gasteiger partial charge in [0.15, 0.2) is 0 Å². The number of piperidine rings is 1. The molecule has 2 aromatic heterocycles. The third-order valence-electron chi connectivity index (χ3n) is 5.34. The van der Waals surface area contributed by atoms with Gasteiger partial charge in [-0.2, -0.15) is 0 Å². The number of halogens is 1. The van der Waals surface area contributed by atoms with Crippen LogP contribution in [-0.2, 0) is 4.74 Å². The summed E-state index contributed by atoms with van der Waals surface area (Å²) in [6, 6.07) is 10.8. The molecule has 1 aliphatic heterocycles. The summed E-state index contributed by atoms with van der Waals surface area (Å²) in [7, 11) is 0. The molecule has 1 atom stereocenters. The Kier molecular flexibility index (Phi) is 6.44. The van der Waals surface area contributed by atoms with Crippen LogP contribution in [0.1, 0.15) is 34.9 Å². The van der Waals surface area contributed by atoms with Crippen molar-refractivity contribution in [3.05, 3.63) is 65.1 Å². The van der Waals surface area contributed by atoms with Crippen LogP contribution in [0, 0.1) is 5.92 Å². The fraction of sp³-hybridized carbons (Fsp3) is 0.364. The van der Waals surface area contributed by atoms with Crippen LogP contribution in [0.3, 0.4) is 0 Å². The summed E-state index contributed by atoms with van der Waals surface area (Å²) < 4.78 is 5.99. The second-order valence-electron chi connectivity index (χ2n) is 7.41. The molecular weight excluding hydrogens is 388 g/mol. The first-order chi connectivity index (χ1) is 14.2. The number of ether oxygens (including phenoxy) is 1. The molecule has 0 saturated carbocycles. The zero-order valence-electron chi connectivity index (χ0n) is 16.2. The molecule has 1 aromatic carbocycles. The number of carbonyl (C=O) groups excluding carboxylic acids is 1. The number of hydrogen-bond acceptors (Lipinski definition) is 4. The highest BCUT2D eigenvalue weighted by Gasteiger charge is 2.19. The minimum absolute atomic E-state index is 0.168. The Morgan fingerprint density at radius 3 is 2.93 bits per heavy atom. The lowest BCUT2D eigenvalue weighted by Gasteiger charge is -2.24. The molecule has 3 N–H and O–H groups in total. The highest BCUT2D eigenvalue weighted by molar-refractivity contribution is 6.35. The van der Waals surface area contributed by atoms with Gasteiger partial charge in [-0.3, -0.25) is 9.78 Å². The number of nitrogens with zero attached hydrogens (tertiary/aromatic N) is 1. The van der Waals surface area contributed by atoms with Crippen LogP contribution in [0.2, 0.25) is 5.02 Å². The van der Waals surface area contributed by atoms with E-state index in [4.69, 9.17) is 16.3 Å². The van der Waals surface area contributed by atoms with Crippen molar-refractivity contribution in [1.29, 1.82) is 0 Å². The van der Waals surface area contributed by atoms with E-state index in [-0.39, 0.29) is 11.9 Å². The number of carbonyl (C=O) groups is 1. The summed E-state index contributed by atoms with van der Waals surface area (Å²) in [6.07, 6.45) is 5.70. The highest BCUT2D eigenvalue weighted by Crippen LogP contribution is 2.24. The number of fused-ring (bicyclic) bond motifs is 1. The third kappa shape index (κ3) is 4.96. The minimum Gasteiger partial charge on any atom is -0.379 e. The number of aromatic nitrogens is 2. The molecular formula is C22H25ClN4O2. The number of rotatable bonds is 7. The molecule has 0 aliphatic carbocycles. The Hall–Kier alpha value is -2.41. The lowest BCUT2D eigenvalue weighted by atomic mass is 9.99. The smallest absolute Gasteiger partial charge is 0.251 e. The Morgan fingerprint density at radius 1 is 1.28 bits per heavy atom. The van der Waals surface area contributed by atoms with E-state index in [9.17, 15) is 4.79 Å². The van der Waals surface area contributed by atoms with Crippen LogP contribution < -0.4 is 10.6 Å². The summed E-state index contributed by atoms with van der Waals surface area (Å²) in [6.45, 7) is 3.18. The Labute approximate surface area is 175 Å². The number of benzene rings is 1. The minimum atomic E-state index is -0.312. The van der Waals surface area contributed by atoms with Crippen LogP contribution in [-0.4, -0.2) is 42.2 Å². The molecule has 3 aromatic rings. The van der Waals surface area contributed by atoms with Crippen molar-refractivity contribution in [2.45, 2.75) is 18.9 Å². The number of hydrogen-bond donors (Lipinski definition) is 3. The predicted octanol–water partition coefficient (Wildman–Crippen LogP) is 3.70. The second-order valence-corrected chi connectivity index (χ2v) is 7.82. The molecule has 0 spiro atoms. The monoisotopic (exact) mass is 412 g/mol. The fourth-order valence-corrected chi connectivity index (χ4v) is 3.88. The van der Waals surface area contributed by atoms with Crippen molar-refractivity contribution in [1.82, 2.24) is 20.6 Å². The van der Waals surface area contributed by atoms with Gasteiger partial charge in [-0.1, -0.05) is 23.7 Å². The molecule has 0 bridgehead atoms. The maximum Gasteiger partial charge on any atom is 0.251 e. The number of nitrogens with one attached hydrogen (secondary N) is 3. The van der Waals surface area contributed by atoms with Gasteiger partial charge in [0.25, 0.3) is 5.91 Å². The molecule has 29 heavy (non-hydrogen) atoms.